The van der Waals surface area contributed by atoms with Crippen LogP contribution in [-0.4, -0.2) is 16.2 Å². The van der Waals surface area contributed by atoms with E-state index in [4.69, 9.17) is 4.52 Å². The first kappa shape index (κ1) is 12.1. The summed E-state index contributed by atoms with van der Waals surface area (Å²) in [6.45, 7) is 2.43. The van der Waals surface area contributed by atoms with Crippen LogP contribution in [0.3, 0.4) is 0 Å². The van der Waals surface area contributed by atoms with Crippen LogP contribution in [0.5, 0.6) is 0 Å². The SMILES string of the molecule is Cc1noc(CNC(=O)NCc2ccccc2)n1. The second kappa shape index (κ2) is 5.81. The molecular weight excluding hydrogens is 232 g/mol. The number of aryl methyl sites for hydroxylation is 1. The van der Waals surface area contributed by atoms with Gasteiger partial charge in [0.1, 0.15) is 0 Å². The van der Waals surface area contributed by atoms with Gasteiger partial charge in [-0.25, -0.2) is 4.79 Å². The molecule has 0 fully saturated rings. The molecule has 1 heterocycles. The van der Waals surface area contributed by atoms with Gasteiger partial charge in [0.05, 0.1) is 6.54 Å². The summed E-state index contributed by atoms with van der Waals surface area (Å²) in [7, 11) is 0. The Morgan fingerprint density at radius 2 is 1.94 bits per heavy atom. The van der Waals surface area contributed by atoms with Crippen molar-refractivity contribution >= 4 is 6.03 Å². The van der Waals surface area contributed by atoms with Crippen molar-refractivity contribution in [2.24, 2.45) is 0 Å². The van der Waals surface area contributed by atoms with Crippen LogP contribution in [0.1, 0.15) is 17.3 Å². The van der Waals surface area contributed by atoms with Crippen LogP contribution in [-0.2, 0) is 13.1 Å². The van der Waals surface area contributed by atoms with Crippen LogP contribution in [0, 0.1) is 6.92 Å². The van der Waals surface area contributed by atoms with Gasteiger partial charge in [0.2, 0.25) is 5.89 Å². The molecule has 6 heteroatoms. The lowest BCUT2D eigenvalue weighted by Crippen LogP contribution is -2.34. The average Bonchev–Trinajstić information content (AvgIpc) is 2.81. The number of aromatic nitrogens is 2. The minimum atomic E-state index is -0.269. The molecule has 0 aliphatic carbocycles. The highest BCUT2D eigenvalue weighted by Gasteiger charge is 2.05. The molecule has 2 rings (SSSR count). The molecule has 2 N–H and O–H groups in total. The molecule has 6 nitrogen and oxygen atoms in total. The fraction of sp³-hybridized carbons (Fsp3) is 0.250. The van der Waals surface area contributed by atoms with E-state index in [0.29, 0.717) is 18.3 Å². The maximum Gasteiger partial charge on any atom is 0.315 e. The van der Waals surface area contributed by atoms with E-state index in [1.54, 1.807) is 6.92 Å². The summed E-state index contributed by atoms with van der Waals surface area (Å²) in [5.41, 5.74) is 1.04. The van der Waals surface area contributed by atoms with Crippen molar-refractivity contribution in [3.63, 3.8) is 0 Å². The molecule has 0 spiro atoms. The van der Waals surface area contributed by atoms with Gasteiger partial charge in [-0.05, 0) is 12.5 Å². The second-order valence-electron chi connectivity index (χ2n) is 3.76. The predicted molar refractivity (Wildman–Crippen MR) is 64.6 cm³/mol. The Morgan fingerprint density at radius 3 is 2.61 bits per heavy atom. The second-order valence-corrected chi connectivity index (χ2v) is 3.76. The summed E-state index contributed by atoms with van der Waals surface area (Å²) in [6.07, 6.45) is 0. The van der Waals surface area contributed by atoms with Crippen molar-refractivity contribution in [2.45, 2.75) is 20.0 Å². The van der Waals surface area contributed by atoms with Gasteiger partial charge in [0.25, 0.3) is 0 Å². The molecule has 0 radical (unpaired) electrons. The van der Waals surface area contributed by atoms with E-state index in [-0.39, 0.29) is 12.6 Å². The van der Waals surface area contributed by atoms with Crippen molar-refractivity contribution in [3.8, 4) is 0 Å². The van der Waals surface area contributed by atoms with E-state index in [1.807, 2.05) is 30.3 Å². The first-order chi connectivity index (χ1) is 8.74. The lowest BCUT2D eigenvalue weighted by molar-refractivity contribution is 0.238. The Hall–Kier alpha value is -2.37. The number of nitrogens with zero attached hydrogens (tertiary/aromatic N) is 2. The third-order valence-corrected chi connectivity index (χ3v) is 2.27. The zero-order valence-corrected chi connectivity index (χ0v) is 10.0. The van der Waals surface area contributed by atoms with Crippen LogP contribution in [0.2, 0.25) is 0 Å². The van der Waals surface area contributed by atoms with Gasteiger partial charge in [-0.3, -0.25) is 0 Å². The molecule has 18 heavy (non-hydrogen) atoms. The number of benzene rings is 1. The maximum atomic E-state index is 11.5. The minimum absolute atomic E-state index is 0.224. The van der Waals surface area contributed by atoms with Crippen LogP contribution in [0.4, 0.5) is 4.79 Å². The van der Waals surface area contributed by atoms with Crippen molar-refractivity contribution in [1.29, 1.82) is 0 Å². The minimum Gasteiger partial charge on any atom is -0.337 e. The standard InChI is InChI=1S/C12H14N4O2/c1-9-15-11(18-16-9)8-14-12(17)13-7-10-5-3-2-4-6-10/h2-6H,7-8H2,1H3,(H2,13,14,17). The largest absolute Gasteiger partial charge is 0.337 e. The first-order valence-corrected chi connectivity index (χ1v) is 5.59. The summed E-state index contributed by atoms with van der Waals surface area (Å²) < 4.78 is 4.87. The Labute approximate surface area is 104 Å². The van der Waals surface area contributed by atoms with Crippen LogP contribution >= 0.6 is 0 Å². The van der Waals surface area contributed by atoms with Gasteiger partial charge >= 0.3 is 6.03 Å². The monoisotopic (exact) mass is 246 g/mol. The third-order valence-electron chi connectivity index (χ3n) is 2.27. The van der Waals surface area contributed by atoms with E-state index >= 15 is 0 Å². The van der Waals surface area contributed by atoms with Crippen LogP contribution in [0.15, 0.2) is 34.9 Å². The van der Waals surface area contributed by atoms with Gasteiger partial charge in [-0.2, -0.15) is 4.98 Å². The van der Waals surface area contributed by atoms with Crippen LogP contribution < -0.4 is 10.6 Å². The Bertz CT molecular complexity index is 510. The first-order valence-electron chi connectivity index (χ1n) is 5.59. The smallest absolute Gasteiger partial charge is 0.315 e. The highest BCUT2D eigenvalue weighted by molar-refractivity contribution is 5.73. The number of urea groups is 1. The van der Waals surface area contributed by atoms with Gasteiger partial charge < -0.3 is 15.2 Å². The topological polar surface area (TPSA) is 80.0 Å². The number of hydrogen-bond acceptors (Lipinski definition) is 4. The molecular formula is C12H14N4O2. The summed E-state index contributed by atoms with van der Waals surface area (Å²) in [4.78, 5) is 15.5. The molecule has 1 aromatic heterocycles. The number of nitrogens with one attached hydrogen (secondary N) is 2. The number of rotatable bonds is 4. The number of amides is 2. The van der Waals surface area contributed by atoms with Gasteiger partial charge in [-0.15, -0.1) is 0 Å². The van der Waals surface area contributed by atoms with Gasteiger partial charge in [0, 0.05) is 6.54 Å². The van der Waals surface area contributed by atoms with Crippen molar-refractivity contribution in [3.05, 3.63) is 47.6 Å². The summed E-state index contributed by atoms with van der Waals surface area (Å²) >= 11 is 0. The Balaban J connectivity index is 1.73. The van der Waals surface area contributed by atoms with E-state index < -0.39 is 0 Å². The van der Waals surface area contributed by atoms with Crippen molar-refractivity contribution in [1.82, 2.24) is 20.8 Å². The fourth-order valence-electron chi connectivity index (χ4n) is 1.41. The van der Waals surface area contributed by atoms with Crippen molar-refractivity contribution < 1.29 is 9.32 Å². The summed E-state index contributed by atoms with van der Waals surface area (Å²) in [5.74, 6) is 0.943. The summed E-state index contributed by atoms with van der Waals surface area (Å²) in [5, 5.41) is 9.00. The maximum absolute atomic E-state index is 11.5. The molecule has 0 bridgehead atoms. The van der Waals surface area contributed by atoms with Crippen LogP contribution in [0.25, 0.3) is 0 Å². The fourth-order valence-corrected chi connectivity index (χ4v) is 1.41. The lowest BCUT2D eigenvalue weighted by atomic mass is 10.2. The molecule has 0 saturated carbocycles. The van der Waals surface area contributed by atoms with E-state index in [9.17, 15) is 4.79 Å². The molecule has 94 valence electrons. The molecule has 0 aliphatic rings. The van der Waals surface area contributed by atoms with E-state index in [1.165, 1.54) is 0 Å². The predicted octanol–water partition coefficient (Wildman–Crippen LogP) is 1.38. The molecule has 2 amide bonds. The molecule has 0 aliphatic heterocycles. The number of hydrogen-bond donors (Lipinski definition) is 2. The van der Waals surface area contributed by atoms with E-state index in [2.05, 4.69) is 20.8 Å². The highest BCUT2D eigenvalue weighted by atomic mass is 16.5. The van der Waals surface area contributed by atoms with Gasteiger partial charge in [0.15, 0.2) is 5.82 Å². The lowest BCUT2D eigenvalue weighted by Gasteiger charge is -2.05. The zero-order valence-electron chi connectivity index (χ0n) is 10.0. The molecule has 2 aromatic rings. The summed E-state index contributed by atoms with van der Waals surface area (Å²) in [6, 6.07) is 9.41. The quantitative estimate of drug-likeness (QED) is 0.854. The molecule has 1 aromatic carbocycles. The molecule has 0 atom stereocenters. The van der Waals surface area contributed by atoms with E-state index in [0.717, 1.165) is 5.56 Å². The highest BCUT2D eigenvalue weighted by Crippen LogP contribution is 1.97. The number of carbonyl (C=O) groups is 1. The average molecular weight is 246 g/mol. The third kappa shape index (κ3) is 3.58. The van der Waals surface area contributed by atoms with Crippen molar-refractivity contribution in [2.75, 3.05) is 0 Å². The molecule has 0 unspecified atom stereocenters. The number of carbonyl (C=O) groups excluding carboxylic acids is 1. The van der Waals surface area contributed by atoms with Gasteiger partial charge in [-0.1, -0.05) is 35.5 Å². The normalized spacial score (nSPS) is 10.1. The Kier molecular flexibility index (Phi) is 3.90. The molecule has 0 saturated heterocycles. The zero-order chi connectivity index (χ0) is 12.8. The Morgan fingerprint density at radius 1 is 1.22 bits per heavy atom.